The molecular formula is C24H15Cl2NO2S2. The van der Waals surface area contributed by atoms with Crippen LogP contribution in [0.15, 0.2) is 65.6 Å². The summed E-state index contributed by atoms with van der Waals surface area (Å²) in [6.07, 6.45) is 1.80. The fourth-order valence-electron chi connectivity index (χ4n) is 3.84. The number of nitrogens with zero attached hydrogens (tertiary/aromatic N) is 1. The molecule has 0 radical (unpaired) electrons. The first-order valence-corrected chi connectivity index (χ1v) is 11.5. The largest absolute Gasteiger partial charge is 0.456 e. The SMILES string of the molecule is Cc1cccc2c1Oc1ccccc1C2N1C(=O)/C(=C/c2ccc(Cl)c(Cl)c2)SC1=S. The molecule has 7 heteroatoms. The van der Waals surface area contributed by atoms with Crippen molar-refractivity contribution in [2.24, 2.45) is 0 Å². The van der Waals surface area contributed by atoms with Crippen LogP contribution in [0.4, 0.5) is 0 Å². The Morgan fingerprint density at radius 1 is 1.03 bits per heavy atom. The van der Waals surface area contributed by atoms with Crippen LogP contribution in [0.25, 0.3) is 6.08 Å². The number of thiocarbonyl (C=S) groups is 1. The summed E-state index contributed by atoms with van der Waals surface area (Å²) in [4.78, 5) is 15.8. The van der Waals surface area contributed by atoms with Crippen LogP contribution in [0.3, 0.4) is 0 Å². The monoisotopic (exact) mass is 483 g/mol. The summed E-state index contributed by atoms with van der Waals surface area (Å²) in [5.41, 5.74) is 3.63. The van der Waals surface area contributed by atoms with E-state index in [-0.39, 0.29) is 11.9 Å². The standard InChI is InChI=1S/C24H15Cl2NO2S2/c1-13-5-4-7-16-21(15-6-2-3-8-19(15)29-22(13)16)27-23(28)20(31-24(27)30)12-14-9-10-17(25)18(26)11-14/h2-12,21H,1H3/b20-12-. The van der Waals surface area contributed by atoms with Gasteiger partial charge in [0, 0.05) is 11.1 Å². The van der Waals surface area contributed by atoms with Gasteiger partial charge in [-0.15, -0.1) is 0 Å². The van der Waals surface area contributed by atoms with Gasteiger partial charge in [0.15, 0.2) is 0 Å². The van der Waals surface area contributed by atoms with Gasteiger partial charge in [0.1, 0.15) is 15.8 Å². The summed E-state index contributed by atoms with van der Waals surface area (Å²) >= 11 is 19.1. The molecule has 154 valence electrons. The quantitative estimate of drug-likeness (QED) is 0.280. The number of carbonyl (C=O) groups excluding carboxylic acids is 1. The minimum atomic E-state index is -0.355. The van der Waals surface area contributed by atoms with Crippen molar-refractivity contribution in [1.82, 2.24) is 4.90 Å². The molecule has 1 fully saturated rings. The van der Waals surface area contributed by atoms with Gasteiger partial charge < -0.3 is 4.74 Å². The van der Waals surface area contributed by atoms with E-state index in [4.69, 9.17) is 40.2 Å². The molecule has 3 aromatic rings. The number of hydrogen-bond acceptors (Lipinski definition) is 4. The molecule has 0 bridgehead atoms. The summed E-state index contributed by atoms with van der Waals surface area (Å²) in [5, 5.41) is 0.908. The number of hydrogen-bond donors (Lipinski definition) is 0. The van der Waals surface area contributed by atoms with Crippen molar-refractivity contribution >= 4 is 63.5 Å². The van der Waals surface area contributed by atoms with E-state index < -0.39 is 0 Å². The van der Waals surface area contributed by atoms with Crippen molar-refractivity contribution < 1.29 is 9.53 Å². The average Bonchev–Trinajstić information content (AvgIpc) is 3.02. The maximum Gasteiger partial charge on any atom is 0.267 e. The van der Waals surface area contributed by atoms with E-state index in [9.17, 15) is 4.79 Å². The number of benzene rings is 3. The minimum absolute atomic E-state index is 0.143. The van der Waals surface area contributed by atoms with Gasteiger partial charge in [-0.1, -0.05) is 89.6 Å². The second-order valence-corrected chi connectivity index (χ2v) is 9.75. The minimum Gasteiger partial charge on any atom is -0.456 e. The number of thioether (sulfide) groups is 1. The first kappa shape index (κ1) is 20.6. The summed E-state index contributed by atoms with van der Waals surface area (Å²) in [6.45, 7) is 2.00. The van der Waals surface area contributed by atoms with Gasteiger partial charge in [-0.2, -0.15) is 0 Å². The number of rotatable bonds is 2. The number of para-hydroxylation sites is 2. The molecule has 1 unspecified atom stereocenters. The average molecular weight is 484 g/mol. The molecule has 0 saturated carbocycles. The number of halogens is 2. The molecular weight excluding hydrogens is 469 g/mol. The Morgan fingerprint density at radius 2 is 1.81 bits per heavy atom. The Balaban J connectivity index is 1.60. The summed E-state index contributed by atoms with van der Waals surface area (Å²) in [5.74, 6) is 1.36. The predicted molar refractivity (Wildman–Crippen MR) is 131 cm³/mol. The van der Waals surface area contributed by atoms with Crippen LogP contribution < -0.4 is 4.74 Å². The fraction of sp³-hybridized carbons (Fsp3) is 0.0833. The van der Waals surface area contributed by atoms with E-state index in [0.29, 0.717) is 19.3 Å². The van der Waals surface area contributed by atoms with E-state index >= 15 is 0 Å². The maximum absolute atomic E-state index is 13.5. The zero-order valence-electron chi connectivity index (χ0n) is 16.3. The Kier molecular flexibility index (Phi) is 5.30. The molecule has 0 spiro atoms. The molecule has 5 rings (SSSR count). The van der Waals surface area contributed by atoms with Crippen molar-refractivity contribution in [2.75, 3.05) is 0 Å². The van der Waals surface area contributed by atoms with Gasteiger partial charge in [-0.05, 0) is 42.3 Å². The van der Waals surface area contributed by atoms with Crippen LogP contribution in [0.2, 0.25) is 10.0 Å². The van der Waals surface area contributed by atoms with E-state index in [1.165, 1.54) is 11.8 Å². The van der Waals surface area contributed by atoms with Gasteiger partial charge in [0.2, 0.25) is 0 Å². The molecule has 3 nitrogen and oxygen atoms in total. The lowest BCUT2D eigenvalue weighted by atomic mass is 9.92. The third kappa shape index (κ3) is 3.56. The third-order valence-electron chi connectivity index (χ3n) is 5.29. The highest BCUT2D eigenvalue weighted by Gasteiger charge is 2.42. The first-order valence-electron chi connectivity index (χ1n) is 9.52. The number of aryl methyl sites for hydroxylation is 1. The number of carbonyl (C=O) groups is 1. The van der Waals surface area contributed by atoms with Gasteiger partial charge >= 0.3 is 0 Å². The topological polar surface area (TPSA) is 29.5 Å². The normalized spacial score (nSPS) is 18.7. The maximum atomic E-state index is 13.5. The van der Waals surface area contributed by atoms with E-state index in [2.05, 4.69) is 0 Å². The van der Waals surface area contributed by atoms with Crippen LogP contribution >= 0.6 is 47.2 Å². The molecule has 31 heavy (non-hydrogen) atoms. The molecule has 0 aromatic heterocycles. The first-order chi connectivity index (χ1) is 14.9. The van der Waals surface area contributed by atoms with Crippen molar-refractivity contribution in [3.8, 4) is 11.5 Å². The molecule has 0 N–H and O–H groups in total. The Labute approximate surface area is 199 Å². The van der Waals surface area contributed by atoms with Crippen LogP contribution in [-0.2, 0) is 4.79 Å². The van der Waals surface area contributed by atoms with Gasteiger partial charge in [-0.25, -0.2) is 0 Å². The highest BCUT2D eigenvalue weighted by atomic mass is 35.5. The molecule has 2 heterocycles. The molecule has 2 aliphatic heterocycles. The van der Waals surface area contributed by atoms with Crippen molar-refractivity contribution in [1.29, 1.82) is 0 Å². The predicted octanol–water partition coefficient (Wildman–Crippen LogP) is 7.40. The lowest BCUT2D eigenvalue weighted by Gasteiger charge is -2.34. The lowest BCUT2D eigenvalue weighted by molar-refractivity contribution is -0.123. The van der Waals surface area contributed by atoms with Gasteiger partial charge in [0.05, 0.1) is 21.0 Å². The smallest absolute Gasteiger partial charge is 0.267 e. The number of ether oxygens (including phenoxy) is 1. The Bertz CT molecular complexity index is 1290. The van der Waals surface area contributed by atoms with Gasteiger partial charge in [-0.3, -0.25) is 9.69 Å². The van der Waals surface area contributed by atoms with E-state index in [1.807, 2.05) is 55.5 Å². The summed E-state index contributed by atoms with van der Waals surface area (Å²) in [6, 6.07) is 18.6. The zero-order chi connectivity index (χ0) is 21.7. The fourth-order valence-corrected chi connectivity index (χ4v) is 5.46. The second-order valence-electron chi connectivity index (χ2n) is 7.26. The van der Waals surface area contributed by atoms with Crippen molar-refractivity contribution in [3.05, 3.63) is 97.9 Å². The van der Waals surface area contributed by atoms with Crippen molar-refractivity contribution in [3.63, 3.8) is 0 Å². The number of fused-ring (bicyclic) bond motifs is 2. The lowest BCUT2D eigenvalue weighted by Crippen LogP contribution is -2.35. The van der Waals surface area contributed by atoms with E-state index in [0.717, 1.165) is 33.8 Å². The number of amides is 1. The van der Waals surface area contributed by atoms with E-state index in [1.54, 1.807) is 23.1 Å². The molecule has 0 aliphatic carbocycles. The zero-order valence-corrected chi connectivity index (χ0v) is 19.4. The molecule has 3 aromatic carbocycles. The molecule has 1 amide bonds. The molecule has 2 aliphatic rings. The van der Waals surface area contributed by atoms with Crippen LogP contribution in [0.5, 0.6) is 11.5 Å². The van der Waals surface area contributed by atoms with Crippen molar-refractivity contribution in [2.45, 2.75) is 13.0 Å². The highest BCUT2D eigenvalue weighted by Crippen LogP contribution is 2.50. The van der Waals surface area contributed by atoms with Crippen LogP contribution in [0.1, 0.15) is 28.3 Å². The second kappa shape index (κ2) is 7.99. The molecule has 1 saturated heterocycles. The third-order valence-corrected chi connectivity index (χ3v) is 7.36. The summed E-state index contributed by atoms with van der Waals surface area (Å²) in [7, 11) is 0. The Morgan fingerprint density at radius 3 is 2.61 bits per heavy atom. The van der Waals surface area contributed by atoms with Gasteiger partial charge in [0.25, 0.3) is 5.91 Å². The molecule has 1 atom stereocenters. The summed E-state index contributed by atoms with van der Waals surface area (Å²) < 4.78 is 6.69. The highest BCUT2D eigenvalue weighted by molar-refractivity contribution is 8.26. The Hall–Kier alpha value is -2.31. The van der Waals surface area contributed by atoms with Crippen LogP contribution in [0, 0.1) is 6.92 Å². The van der Waals surface area contributed by atoms with Crippen LogP contribution in [-0.4, -0.2) is 15.1 Å².